The van der Waals surface area contributed by atoms with Crippen molar-refractivity contribution in [2.24, 2.45) is 23.7 Å². The van der Waals surface area contributed by atoms with Crippen LogP contribution in [0.4, 0.5) is 0 Å². The lowest BCUT2D eigenvalue weighted by Gasteiger charge is -2.26. The third kappa shape index (κ3) is 39.9. The molecule has 20 atom stereocenters. The molecule has 0 radical (unpaired) electrons. The molecule has 10 N–H and O–H groups in total. The number of aliphatic hydroxyl groups excluding tert-OH is 10. The maximum Gasteiger partial charge on any atom is 0.305 e. The Kier molecular flexibility index (Phi) is 54.8. The van der Waals surface area contributed by atoms with Crippen LogP contribution in [0.15, 0.2) is 206 Å². The Morgan fingerprint density at radius 1 is 0.350 bits per heavy atom. The number of unbranched alkanes of at least 4 members (excludes halogenated alkanes) is 8. The van der Waals surface area contributed by atoms with Gasteiger partial charge in [-0.05, 0) is 195 Å². The van der Waals surface area contributed by atoms with Crippen molar-refractivity contribution in [1.82, 2.24) is 9.80 Å². The van der Waals surface area contributed by atoms with Gasteiger partial charge >= 0.3 is 23.9 Å². The van der Waals surface area contributed by atoms with E-state index in [4.69, 9.17) is 85.0 Å². The summed E-state index contributed by atoms with van der Waals surface area (Å²) >= 11 is 26.5. The summed E-state index contributed by atoms with van der Waals surface area (Å²) in [7, 11) is 0. The number of ether oxygens (including phenoxy) is 6. The third-order valence-corrected chi connectivity index (χ3v) is 29.8. The van der Waals surface area contributed by atoms with Crippen LogP contribution in [0.1, 0.15) is 297 Å². The number of hydrogen-bond acceptors (Lipinski definition) is 22. The molecule has 0 spiro atoms. The molecule has 4 aliphatic carbocycles. The van der Waals surface area contributed by atoms with E-state index in [1.165, 1.54) is 0 Å². The Balaban J connectivity index is 0.000000209. The van der Waals surface area contributed by atoms with Crippen LogP contribution in [0.2, 0.25) is 0 Å². The highest BCUT2D eigenvalue weighted by Crippen LogP contribution is 2.50. The molecule has 0 aromatic heterocycles. The predicted octanol–water partition coefficient (Wildman–Crippen LogP) is 19.7. The summed E-state index contributed by atoms with van der Waals surface area (Å²) in [5, 5.41) is 102. The fourth-order valence-corrected chi connectivity index (χ4v) is 21.8. The van der Waals surface area contributed by atoms with E-state index in [-0.39, 0.29) is 119 Å². The van der Waals surface area contributed by atoms with Crippen LogP contribution in [0.5, 0.6) is 0 Å². The molecule has 140 heavy (non-hydrogen) atoms. The first-order valence-electron chi connectivity index (χ1n) is 51.5. The molecule has 2 aliphatic heterocycles. The minimum absolute atomic E-state index is 0.0450. The van der Waals surface area contributed by atoms with Crippen molar-refractivity contribution in [1.29, 1.82) is 0 Å². The van der Waals surface area contributed by atoms with E-state index in [1.54, 1.807) is 0 Å². The Hall–Kier alpha value is -7.24. The number of carbonyl (C=O) groups excluding carboxylic acids is 4. The van der Waals surface area contributed by atoms with Crippen molar-refractivity contribution in [3.05, 3.63) is 262 Å². The quantitative estimate of drug-likeness (QED) is 0.00557. The predicted molar refractivity (Wildman–Crippen MR) is 554 cm³/mol. The van der Waals surface area contributed by atoms with Crippen molar-refractivity contribution in [3.63, 3.8) is 0 Å². The Bertz CT molecular complexity index is 4560. The average Bonchev–Trinajstić information content (AvgIpc) is 1.66. The largest absolute Gasteiger partial charge is 0.464 e. The number of carbonyl (C=O) groups is 4. The second kappa shape index (κ2) is 66.0. The zero-order valence-electron chi connectivity index (χ0n) is 82.3. The molecule has 12 rings (SSSR count). The number of halogens is 4. The number of nitrogens with zero attached hydrogens (tertiary/aromatic N) is 2. The van der Waals surface area contributed by atoms with Crippen LogP contribution in [0, 0.1) is 23.7 Å². The lowest BCUT2D eigenvalue weighted by atomic mass is 9.84. The van der Waals surface area contributed by atoms with Gasteiger partial charge in [0.25, 0.3) is 0 Å². The second-order valence-corrected chi connectivity index (χ2v) is 40.2. The summed E-state index contributed by atoms with van der Waals surface area (Å²) in [5.74, 6) is -0.604. The second-order valence-electron chi connectivity index (χ2n) is 38.0. The fourth-order valence-electron chi connectivity index (χ4n) is 20.0. The monoisotopic (exact) mass is 2020 g/mol. The highest BCUT2D eigenvalue weighted by Gasteiger charge is 2.46. The number of hydrogen-bond donors (Lipinski definition) is 10. The zero-order chi connectivity index (χ0) is 100. The van der Waals surface area contributed by atoms with Crippen LogP contribution in [-0.4, -0.2) is 236 Å². The van der Waals surface area contributed by atoms with Gasteiger partial charge in [0, 0.05) is 110 Å². The van der Waals surface area contributed by atoms with Gasteiger partial charge in [-0.15, -0.1) is 46.4 Å². The maximum atomic E-state index is 12.0. The van der Waals surface area contributed by atoms with Crippen LogP contribution in [0.25, 0.3) is 0 Å². The first-order valence-corrected chi connectivity index (χ1v) is 53.3. The van der Waals surface area contributed by atoms with Crippen molar-refractivity contribution in [3.8, 4) is 0 Å². The van der Waals surface area contributed by atoms with E-state index < -0.39 is 48.8 Å². The number of esters is 4. The first-order chi connectivity index (χ1) is 68.0. The number of benzene rings is 6. The van der Waals surface area contributed by atoms with E-state index in [0.29, 0.717) is 77.4 Å². The smallest absolute Gasteiger partial charge is 0.305 e. The normalized spacial score (nSPS) is 24.6. The summed E-state index contributed by atoms with van der Waals surface area (Å²) in [5.41, 5.74) is 9.33. The Morgan fingerprint density at radius 3 is 0.921 bits per heavy atom. The van der Waals surface area contributed by atoms with Crippen LogP contribution in [-0.2, 0) is 47.6 Å². The lowest BCUT2D eigenvalue weighted by Crippen LogP contribution is -2.38. The minimum atomic E-state index is -0.686. The van der Waals surface area contributed by atoms with Gasteiger partial charge in [-0.3, -0.25) is 29.0 Å². The number of morpholine rings is 2. The van der Waals surface area contributed by atoms with Gasteiger partial charge in [-0.25, -0.2) is 0 Å². The summed E-state index contributed by atoms with van der Waals surface area (Å²) in [6.07, 6.45) is 33.3. The van der Waals surface area contributed by atoms with Crippen LogP contribution in [0.3, 0.4) is 0 Å². The number of allylic oxidation sites excluding steroid dienone is 8. The summed E-state index contributed by atoms with van der Waals surface area (Å²) < 4.78 is 31.1. The molecule has 2 saturated heterocycles. The molecule has 6 aromatic rings. The van der Waals surface area contributed by atoms with Crippen LogP contribution < -0.4 is 0 Å². The van der Waals surface area contributed by atoms with Gasteiger partial charge in [0.2, 0.25) is 0 Å². The van der Waals surface area contributed by atoms with E-state index in [1.807, 2.05) is 158 Å². The molecule has 6 aromatic carbocycles. The van der Waals surface area contributed by atoms with Crippen molar-refractivity contribution < 1.29 is 98.7 Å². The molecule has 0 bridgehead atoms. The van der Waals surface area contributed by atoms with E-state index in [9.17, 15) is 60.0 Å². The van der Waals surface area contributed by atoms with Gasteiger partial charge in [0.1, 0.15) is 38.6 Å². The standard InChI is InChI=1S/C31H40ClNO5.C30H46ClNO5.C27H33ClO5.C26H39ClO5/c32-27-22-28(34)30(23-12-14-25(15-13-23)31(36)24-8-4-3-5-9-24)26(27)10-6-1-2-7-11-29(35)38-21-18-33-16-19-37-20-17-33;1-2-3-6-13-27(33)23-10-9-11-24(21-23)30-25(26(31)22-28(30)34)12-7-4-5-8-14-29(35)37-20-17-32-15-18-36-19-16-32;28-23-18-24(30)26(22(23)10-6-1-2-7-11-25(31)33-17-16-29)19-12-14-21(15-13-19)27(32)20-8-4-3-5-9-20;1-2-3-6-13-23(29)19-10-9-11-20(17-19)26-21(22(27)18-24(26)30)12-7-4-5-8-14-25(31)32-16-15-28/h1,3-6,8-9,12-15,26-28,30-31,34,36H,2,7,10-11,16-22H2;4,7,9-11,21,25-28,30,33-34H,2-3,5-6,8,12-20,22H2,1H3;1,3-6,8-9,12-15,22-24,26-27,29-30,32H,2,7,10-11,16-18H2;4,7,9-11,17,21-24,26,28-30H,2-3,5-6,8,12-16,18H2,1H3/b6-1-;7-4-;6-1-;7-4-/t26-,27+,28+,30+,31?;25-,26+,27?,28+,30+;22-,23+,24+,26+,27?;21-,22+,23?,24+,26+/m0000/s1. The number of rotatable bonds is 52. The fraction of sp³-hybridized carbons (Fsp3) is 0.579. The van der Waals surface area contributed by atoms with Crippen LogP contribution >= 0.6 is 46.4 Å². The van der Waals surface area contributed by atoms with Gasteiger partial charge in [-0.1, -0.05) is 259 Å². The maximum absolute atomic E-state index is 12.0. The van der Waals surface area contributed by atoms with Gasteiger partial charge in [0.05, 0.1) is 76.3 Å². The molecule has 26 heteroatoms. The lowest BCUT2D eigenvalue weighted by molar-refractivity contribution is -0.145. The van der Waals surface area contributed by atoms with E-state index in [0.717, 1.165) is 237 Å². The molecule has 772 valence electrons. The van der Waals surface area contributed by atoms with Crippen molar-refractivity contribution in [2.45, 2.75) is 288 Å². The first kappa shape index (κ1) is 116. The molecular weight excluding hydrogens is 1860 g/mol. The highest BCUT2D eigenvalue weighted by atomic mass is 35.5. The molecule has 4 saturated carbocycles. The molecule has 6 aliphatic rings. The molecule has 2 heterocycles. The summed E-state index contributed by atoms with van der Waals surface area (Å²) in [4.78, 5) is 51.4. The summed E-state index contributed by atoms with van der Waals surface area (Å²) in [6, 6.07) is 50.9. The van der Waals surface area contributed by atoms with Crippen molar-refractivity contribution >= 4 is 70.3 Å². The zero-order valence-corrected chi connectivity index (χ0v) is 85.3. The van der Waals surface area contributed by atoms with Gasteiger partial charge in [0.15, 0.2) is 0 Å². The average molecular weight is 2020 g/mol. The van der Waals surface area contributed by atoms with E-state index >= 15 is 0 Å². The molecule has 6 fully saturated rings. The number of alkyl halides is 4. The van der Waals surface area contributed by atoms with Gasteiger partial charge in [-0.2, -0.15) is 0 Å². The minimum Gasteiger partial charge on any atom is -0.464 e. The Labute approximate surface area is 851 Å². The van der Waals surface area contributed by atoms with E-state index in [2.05, 4.69) is 72.2 Å². The highest BCUT2D eigenvalue weighted by molar-refractivity contribution is 6.22. The summed E-state index contributed by atoms with van der Waals surface area (Å²) in [6.45, 7) is 13.1. The SMILES string of the molecule is CCCCCC(O)c1cccc([C@@H]2[C@@H](C/C=C\CCCC(=O)OCCN3CCOCC3)[C@H](Cl)C[C@H]2O)c1.CCCCCC(O)c1cccc([C@@H]2[C@@H](C/C=C\CCCC(=O)OCCO)[C@H](Cl)C[C@H]2O)c1.O=C(CCC/C=C\C[C@@H]1[C@@H](c2ccc(C(O)c3ccccc3)cc2)[C@H](O)C[C@H]1Cl)OCCN1CCOCC1.O=C(CCC/C=C\C[C@@H]1[C@@H](c2ccc(C(O)c3ccccc3)cc2)[C@H](O)C[C@H]1Cl)OCCO. The molecule has 0 amide bonds. The Morgan fingerprint density at radius 2 is 0.629 bits per heavy atom. The topological polar surface area (TPSA) is 332 Å². The third-order valence-electron chi connectivity index (χ3n) is 27.8. The molecule has 22 nitrogen and oxygen atoms in total. The molecular formula is C114H158Cl4N2O20. The van der Waals surface area contributed by atoms with Crippen molar-refractivity contribution in [2.75, 3.05) is 105 Å². The molecule has 4 unspecified atom stereocenters. The number of aliphatic hydroxyl groups is 10. The van der Waals surface area contributed by atoms with Gasteiger partial charge < -0.3 is 79.5 Å².